The van der Waals surface area contributed by atoms with Crippen molar-refractivity contribution in [1.82, 2.24) is 9.97 Å². The van der Waals surface area contributed by atoms with Crippen molar-refractivity contribution in [3.05, 3.63) is 12.3 Å². The lowest BCUT2D eigenvalue weighted by molar-refractivity contribution is 1.18. The molecule has 3 N–H and O–H groups in total. The molecular formula is C7H18N4. The molecule has 0 atom stereocenters. The Morgan fingerprint density at radius 3 is 2.55 bits per heavy atom. The second kappa shape index (κ2) is 5.46. The van der Waals surface area contributed by atoms with Crippen LogP contribution in [0, 0.1) is 0 Å². The first-order valence-electron chi connectivity index (χ1n) is 3.59. The number of nitrogen functional groups attached to an aromatic ring is 1. The van der Waals surface area contributed by atoms with Crippen LogP contribution in [0.5, 0.6) is 0 Å². The molecule has 0 amide bonds. The Balaban J connectivity index is -0.000000234. The van der Waals surface area contributed by atoms with Crippen LogP contribution < -0.4 is 11.1 Å². The number of hydrogen-bond acceptors (Lipinski definition) is 4. The number of anilines is 2. The minimum Gasteiger partial charge on any atom is -0.373 e. The average molecular weight is 158 g/mol. The Hall–Kier alpha value is -1.32. The van der Waals surface area contributed by atoms with Crippen molar-refractivity contribution >= 4 is 11.8 Å². The summed E-state index contributed by atoms with van der Waals surface area (Å²) in [4.78, 5) is 7.56. The maximum atomic E-state index is 5.27. The van der Waals surface area contributed by atoms with Crippen LogP contribution in [-0.4, -0.2) is 17.0 Å². The third kappa shape index (κ3) is 3.40. The van der Waals surface area contributed by atoms with Gasteiger partial charge in [-0.15, -0.1) is 0 Å². The summed E-state index contributed by atoms with van der Waals surface area (Å²) >= 11 is 0. The zero-order chi connectivity index (χ0) is 8.69. The molecule has 0 bridgehead atoms. The van der Waals surface area contributed by atoms with E-state index in [2.05, 4.69) is 15.3 Å². The second-order valence-electron chi connectivity index (χ2n) is 1.55. The lowest BCUT2D eigenvalue weighted by atomic mass is 10.6. The van der Waals surface area contributed by atoms with E-state index in [0.29, 0.717) is 5.95 Å². The molecule has 0 fully saturated rings. The van der Waals surface area contributed by atoms with Crippen molar-refractivity contribution in [1.29, 1.82) is 0 Å². The zero-order valence-electron chi connectivity index (χ0n) is 7.13. The van der Waals surface area contributed by atoms with Crippen LogP contribution in [0.25, 0.3) is 0 Å². The second-order valence-corrected chi connectivity index (χ2v) is 1.55. The van der Waals surface area contributed by atoms with Crippen LogP contribution in [0.2, 0.25) is 0 Å². The molecule has 0 radical (unpaired) electrons. The Morgan fingerprint density at radius 1 is 1.55 bits per heavy atom. The molecule has 0 saturated carbocycles. The molecule has 1 heterocycles. The fraction of sp³-hybridized carbons (Fsp3) is 0.429. The van der Waals surface area contributed by atoms with Gasteiger partial charge in [0, 0.05) is 16.1 Å². The third-order valence-corrected chi connectivity index (χ3v) is 0.930. The first kappa shape index (κ1) is 9.68. The van der Waals surface area contributed by atoms with E-state index < -0.39 is 0 Å². The van der Waals surface area contributed by atoms with E-state index in [4.69, 9.17) is 5.73 Å². The molecule has 0 saturated heterocycles. The summed E-state index contributed by atoms with van der Waals surface area (Å²) in [7, 11) is 1.78. The van der Waals surface area contributed by atoms with Gasteiger partial charge < -0.3 is 11.1 Å². The van der Waals surface area contributed by atoms with Gasteiger partial charge in [0.1, 0.15) is 5.82 Å². The molecule has 0 aliphatic carbocycles. The Morgan fingerprint density at radius 2 is 2.18 bits per heavy atom. The van der Waals surface area contributed by atoms with Crippen LogP contribution in [0.3, 0.4) is 0 Å². The van der Waals surface area contributed by atoms with Gasteiger partial charge in [-0.25, -0.2) is 4.98 Å². The third-order valence-electron chi connectivity index (χ3n) is 0.930. The van der Waals surface area contributed by atoms with E-state index in [0.717, 1.165) is 5.82 Å². The summed E-state index contributed by atoms with van der Waals surface area (Å²) in [6, 6.07) is 1.75. The quantitative estimate of drug-likeness (QED) is 0.652. The molecular weight excluding hydrogens is 140 g/mol. The smallest absolute Gasteiger partial charge is 0.221 e. The highest BCUT2D eigenvalue weighted by Gasteiger charge is 1.88. The van der Waals surface area contributed by atoms with Crippen LogP contribution in [-0.2, 0) is 0 Å². The fourth-order valence-corrected chi connectivity index (χ4v) is 0.513. The van der Waals surface area contributed by atoms with Gasteiger partial charge >= 0.3 is 0 Å². The van der Waals surface area contributed by atoms with Gasteiger partial charge in [-0.3, -0.25) is 0 Å². The Kier molecular flexibility index (Phi) is 4.81. The van der Waals surface area contributed by atoms with Crippen molar-refractivity contribution in [2.75, 3.05) is 18.1 Å². The van der Waals surface area contributed by atoms with E-state index in [1.165, 1.54) is 0 Å². The van der Waals surface area contributed by atoms with Crippen LogP contribution in [0.4, 0.5) is 11.8 Å². The van der Waals surface area contributed by atoms with E-state index >= 15 is 0 Å². The Labute approximate surface area is 69.8 Å². The molecule has 0 spiro atoms. The number of rotatable bonds is 1. The van der Waals surface area contributed by atoms with E-state index in [1.54, 1.807) is 19.3 Å². The van der Waals surface area contributed by atoms with Crippen molar-refractivity contribution in [2.24, 2.45) is 0 Å². The zero-order valence-corrected chi connectivity index (χ0v) is 7.13. The van der Waals surface area contributed by atoms with E-state index in [-0.39, 0.29) is 2.85 Å². The first-order valence-corrected chi connectivity index (χ1v) is 3.59. The lowest BCUT2D eigenvalue weighted by Gasteiger charge is -1.96. The maximum Gasteiger partial charge on any atom is 0.221 e. The largest absolute Gasteiger partial charge is 0.373 e. The summed E-state index contributed by atoms with van der Waals surface area (Å²) < 4.78 is 0. The lowest BCUT2D eigenvalue weighted by Crippen LogP contribution is -1.97. The van der Waals surface area contributed by atoms with Crippen molar-refractivity contribution < 1.29 is 2.85 Å². The standard InChI is InChI=1S/C5H8N4.C2H6.2H2/c1-7-4-2-3-8-5(6)9-4;1-2;;/h2-3H,1H3,(H3,6,7,8,9);1-2H3;2*1H. The summed E-state index contributed by atoms with van der Waals surface area (Å²) in [5, 5.41) is 2.84. The first-order chi connectivity index (χ1) is 5.33. The van der Waals surface area contributed by atoms with Gasteiger partial charge in [-0.1, -0.05) is 13.8 Å². The number of nitrogens with two attached hydrogens (primary N) is 1. The van der Waals surface area contributed by atoms with Crippen molar-refractivity contribution in [2.45, 2.75) is 13.8 Å². The summed E-state index contributed by atoms with van der Waals surface area (Å²) in [5.74, 6) is 1.03. The van der Waals surface area contributed by atoms with Gasteiger partial charge in [-0.2, -0.15) is 4.98 Å². The molecule has 0 unspecified atom stereocenters. The molecule has 4 nitrogen and oxygen atoms in total. The van der Waals surface area contributed by atoms with Gasteiger partial charge in [-0.05, 0) is 6.07 Å². The molecule has 11 heavy (non-hydrogen) atoms. The summed E-state index contributed by atoms with van der Waals surface area (Å²) in [6.07, 6.45) is 1.61. The summed E-state index contributed by atoms with van der Waals surface area (Å²) in [5.41, 5.74) is 5.27. The minimum atomic E-state index is 0. The molecule has 1 rings (SSSR count). The van der Waals surface area contributed by atoms with E-state index in [9.17, 15) is 0 Å². The summed E-state index contributed by atoms with van der Waals surface area (Å²) in [6.45, 7) is 4.00. The highest BCUT2D eigenvalue weighted by molar-refractivity contribution is 5.36. The SMILES string of the molecule is CC.CNc1ccnc(N)n1.[HH].[HH]. The molecule has 0 aliphatic heterocycles. The monoisotopic (exact) mass is 158 g/mol. The normalized spacial score (nSPS) is 7.91. The average Bonchev–Trinajstić information content (AvgIpc) is 2.08. The van der Waals surface area contributed by atoms with Gasteiger partial charge in [0.15, 0.2) is 0 Å². The van der Waals surface area contributed by atoms with E-state index in [1.807, 2.05) is 13.8 Å². The molecule has 66 valence electrons. The van der Waals surface area contributed by atoms with Crippen LogP contribution in [0.1, 0.15) is 16.7 Å². The Bertz CT molecular complexity index is 207. The maximum absolute atomic E-state index is 5.27. The van der Waals surface area contributed by atoms with Crippen molar-refractivity contribution in [3.8, 4) is 0 Å². The van der Waals surface area contributed by atoms with Gasteiger partial charge in [0.2, 0.25) is 5.95 Å². The highest BCUT2D eigenvalue weighted by atomic mass is 15.1. The molecule has 1 aromatic heterocycles. The van der Waals surface area contributed by atoms with Crippen LogP contribution in [0.15, 0.2) is 12.3 Å². The van der Waals surface area contributed by atoms with Gasteiger partial charge in [0.05, 0.1) is 0 Å². The molecule has 0 aromatic carbocycles. The predicted octanol–water partition coefficient (Wildman–Crippen LogP) is 1.62. The highest BCUT2D eigenvalue weighted by Crippen LogP contribution is 1.99. The molecule has 1 aromatic rings. The number of nitrogens with zero attached hydrogens (tertiary/aromatic N) is 2. The topological polar surface area (TPSA) is 63.8 Å². The predicted molar refractivity (Wildman–Crippen MR) is 51.6 cm³/mol. The fourth-order valence-electron chi connectivity index (χ4n) is 0.513. The van der Waals surface area contributed by atoms with Gasteiger partial charge in [0.25, 0.3) is 0 Å². The minimum absolute atomic E-state index is 0. The van der Waals surface area contributed by atoms with Crippen molar-refractivity contribution in [3.63, 3.8) is 0 Å². The molecule has 0 aliphatic rings. The number of hydrogen-bond donors (Lipinski definition) is 2. The molecule has 4 heteroatoms. The number of aromatic nitrogens is 2. The number of nitrogens with one attached hydrogen (secondary N) is 1. The van der Waals surface area contributed by atoms with Crippen LogP contribution >= 0.6 is 0 Å².